The summed E-state index contributed by atoms with van der Waals surface area (Å²) in [5, 5.41) is 14.3. The molecule has 2 aromatic carbocycles. The van der Waals surface area contributed by atoms with E-state index >= 15 is 0 Å². The fraction of sp³-hybridized carbons (Fsp3) is 0.167. The van der Waals surface area contributed by atoms with Crippen molar-refractivity contribution in [2.24, 2.45) is 0 Å². The van der Waals surface area contributed by atoms with Crippen LogP contribution in [0, 0.1) is 18.3 Å². The maximum absolute atomic E-state index is 9.62. The van der Waals surface area contributed by atoms with Gasteiger partial charge < -0.3 is 15.0 Å². The van der Waals surface area contributed by atoms with E-state index in [1.54, 1.807) is 13.3 Å². The molecule has 0 fully saturated rings. The van der Waals surface area contributed by atoms with E-state index in [0.717, 1.165) is 46.6 Å². The van der Waals surface area contributed by atoms with Gasteiger partial charge in [-0.3, -0.25) is 4.98 Å². The summed E-state index contributed by atoms with van der Waals surface area (Å²) in [5.41, 5.74) is 6.84. The van der Waals surface area contributed by atoms with E-state index in [9.17, 15) is 5.26 Å². The van der Waals surface area contributed by atoms with Crippen molar-refractivity contribution in [3.8, 4) is 11.8 Å². The molecule has 2 N–H and O–H groups in total. The number of aryl methyl sites for hydroxylation is 3. The van der Waals surface area contributed by atoms with E-state index in [4.69, 9.17) is 4.74 Å². The standard InChI is InChI=1S/C24H22N4O/c1-16-21-11-12-27-23(21)10-9-22(16)28-24-18(14-26-15-19(24)13-25)6-3-17-4-7-20(29-2)8-5-17/h4-5,7-12,14-15,27H,3,6H2,1-2H3,(H,26,28). The topological polar surface area (TPSA) is 73.7 Å². The average molecular weight is 382 g/mol. The van der Waals surface area contributed by atoms with Gasteiger partial charge in [0.2, 0.25) is 0 Å². The summed E-state index contributed by atoms with van der Waals surface area (Å²) in [6.07, 6.45) is 7.03. The van der Waals surface area contributed by atoms with Crippen molar-refractivity contribution in [2.45, 2.75) is 19.8 Å². The fourth-order valence-corrected chi connectivity index (χ4v) is 3.55. The highest BCUT2D eigenvalue weighted by Gasteiger charge is 2.12. The Balaban J connectivity index is 1.63. The monoisotopic (exact) mass is 382 g/mol. The molecule has 29 heavy (non-hydrogen) atoms. The lowest BCUT2D eigenvalue weighted by atomic mass is 10.0. The minimum absolute atomic E-state index is 0.547. The number of nitrogens with zero attached hydrogens (tertiary/aromatic N) is 2. The number of hydrogen-bond acceptors (Lipinski definition) is 4. The number of aromatic nitrogens is 2. The van der Waals surface area contributed by atoms with Crippen LogP contribution in [0.1, 0.15) is 22.3 Å². The number of rotatable bonds is 6. The molecular formula is C24H22N4O. The molecule has 0 aliphatic carbocycles. The van der Waals surface area contributed by atoms with Crippen molar-refractivity contribution in [3.63, 3.8) is 0 Å². The molecule has 0 saturated carbocycles. The summed E-state index contributed by atoms with van der Waals surface area (Å²) in [7, 11) is 1.67. The molecule has 4 rings (SSSR count). The quantitative estimate of drug-likeness (QED) is 0.476. The first-order valence-electron chi connectivity index (χ1n) is 9.53. The number of pyridine rings is 1. The van der Waals surface area contributed by atoms with Crippen LogP contribution in [0.2, 0.25) is 0 Å². The van der Waals surface area contributed by atoms with Crippen LogP contribution >= 0.6 is 0 Å². The summed E-state index contributed by atoms with van der Waals surface area (Å²) in [6, 6.07) is 16.5. The molecule has 0 radical (unpaired) electrons. The van der Waals surface area contributed by atoms with Gasteiger partial charge in [0.15, 0.2) is 0 Å². The molecule has 0 saturated heterocycles. The first-order valence-corrected chi connectivity index (χ1v) is 9.53. The largest absolute Gasteiger partial charge is 0.497 e. The van der Waals surface area contributed by atoms with Crippen LogP contribution in [0.15, 0.2) is 61.1 Å². The maximum Gasteiger partial charge on any atom is 0.118 e. The Hall–Kier alpha value is -3.78. The number of methoxy groups -OCH3 is 1. The fourth-order valence-electron chi connectivity index (χ4n) is 3.55. The van der Waals surface area contributed by atoms with Crippen molar-refractivity contribution in [1.82, 2.24) is 9.97 Å². The second-order valence-corrected chi connectivity index (χ2v) is 6.98. The summed E-state index contributed by atoms with van der Waals surface area (Å²) >= 11 is 0. The van der Waals surface area contributed by atoms with Crippen LogP contribution in [0.3, 0.4) is 0 Å². The van der Waals surface area contributed by atoms with Gasteiger partial charge in [-0.2, -0.15) is 5.26 Å². The van der Waals surface area contributed by atoms with Gasteiger partial charge in [0.1, 0.15) is 11.8 Å². The van der Waals surface area contributed by atoms with Gasteiger partial charge in [0.25, 0.3) is 0 Å². The number of aromatic amines is 1. The SMILES string of the molecule is COc1ccc(CCc2cncc(C#N)c2Nc2ccc3[nH]ccc3c2C)cc1. The van der Waals surface area contributed by atoms with Gasteiger partial charge in [0.05, 0.1) is 18.4 Å². The molecule has 0 aliphatic rings. The molecule has 5 heteroatoms. The van der Waals surface area contributed by atoms with Crippen LogP contribution in [-0.4, -0.2) is 17.1 Å². The minimum atomic E-state index is 0.547. The van der Waals surface area contributed by atoms with Gasteiger partial charge in [-0.25, -0.2) is 0 Å². The predicted octanol–water partition coefficient (Wildman–Crippen LogP) is 5.28. The predicted molar refractivity (Wildman–Crippen MR) is 116 cm³/mol. The van der Waals surface area contributed by atoms with Gasteiger partial charge in [-0.1, -0.05) is 12.1 Å². The third-order valence-corrected chi connectivity index (χ3v) is 5.25. The average Bonchev–Trinajstić information content (AvgIpc) is 3.25. The van der Waals surface area contributed by atoms with Crippen LogP contribution in [0.4, 0.5) is 11.4 Å². The summed E-state index contributed by atoms with van der Waals surface area (Å²) in [4.78, 5) is 7.51. The molecule has 5 nitrogen and oxygen atoms in total. The smallest absolute Gasteiger partial charge is 0.118 e. The second-order valence-electron chi connectivity index (χ2n) is 6.98. The third-order valence-electron chi connectivity index (χ3n) is 5.25. The Labute approximate surface area is 170 Å². The first kappa shape index (κ1) is 18.6. The molecule has 0 atom stereocenters. The molecule has 144 valence electrons. The second kappa shape index (κ2) is 8.07. The van der Waals surface area contributed by atoms with Crippen molar-refractivity contribution in [1.29, 1.82) is 5.26 Å². The zero-order valence-electron chi connectivity index (χ0n) is 16.5. The Morgan fingerprint density at radius 1 is 1.07 bits per heavy atom. The molecule has 2 aromatic heterocycles. The van der Waals surface area contributed by atoms with Gasteiger partial charge >= 0.3 is 0 Å². The summed E-state index contributed by atoms with van der Waals surface area (Å²) in [5.74, 6) is 0.847. The van der Waals surface area contributed by atoms with E-state index < -0.39 is 0 Å². The van der Waals surface area contributed by atoms with Crippen LogP contribution < -0.4 is 10.1 Å². The molecule has 0 amide bonds. The number of nitriles is 1. The molecule has 4 aromatic rings. The Morgan fingerprint density at radius 2 is 1.90 bits per heavy atom. The molecule has 2 heterocycles. The Kier molecular flexibility index (Phi) is 5.17. The maximum atomic E-state index is 9.62. The van der Waals surface area contributed by atoms with E-state index in [0.29, 0.717) is 5.56 Å². The number of ether oxygens (including phenoxy) is 1. The number of nitrogens with one attached hydrogen (secondary N) is 2. The van der Waals surface area contributed by atoms with Crippen LogP contribution in [0.5, 0.6) is 5.75 Å². The summed E-state index contributed by atoms with van der Waals surface area (Å²) in [6.45, 7) is 2.09. The molecular weight excluding hydrogens is 360 g/mol. The summed E-state index contributed by atoms with van der Waals surface area (Å²) < 4.78 is 5.23. The Bertz CT molecular complexity index is 1190. The van der Waals surface area contributed by atoms with E-state index in [1.165, 1.54) is 10.9 Å². The van der Waals surface area contributed by atoms with E-state index in [1.807, 2.05) is 30.6 Å². The minimum Gasteiger partial charge on any atom is -0.497 e. The number of H-pyrrole nitrogens is 1. The molecule has 0 bridgehead atoms. The number of anilines is 2. The zero-order chi connectivity index (χ0) is 20.2. The number of fused-ring (bicyclic) bond motifs is 1. The molecule has 0 aliphatic heterocycles. The van der Waals surface area contributed by atoms with Gasteiger partial charge in [0, 0.05) is 35.2 Å². The highest BCUT2D eigenvalue weighted by molar-refractivity contribution is 5.89. The van der Waals surface area contributed by atoms with Gasteiger partial charge in [-0.15, -0.1) is 0 Å². The third kappa shape index (κ3) is 3.78. The van der Waals surface area contributed by atoms with E-state index in [-0.39, 0.29) is 0 Å². The van der Waals surface area contributed by atoms with E-state index in [2.05, 4.69) is 52.5 Å². The normalized spacial score (nSPS) is 10.7. The first-order chi connectivity index (χ1) is 14.2. The Morgan fingerprint density at radius 3 is 2.66 bits per heavy atom. The van der Waals surface area contributed by atoms with Crippen molar-refractivity contribution in [3.05, 3.63) is 83.3 Å². The van der Waals surface area contributed by atoms with Crippen LogP contribution in [0.25, 0.3) is 10.9 Å². The lowest BCUT2D eigenvalue weighted by Crippen LogP contribution is -2.03. The molecule has 0 spiro atoms. The number of hydrogen-bond donors (Lipinski definition) is 2. The highest BCUT2D eigenvalue weighted by atomic mass is 16.5. The van der Waals surface area contributed by atoms with Crippen molar-refractivity contribution in [2.75, 3.05) is 12.4 Å². The van der Waals surface area contributed by atoms with Crippen LogP contribution in [-0.2, 0) is 12.8 Å². The highest BCUT2D eigenvalue weighted by Crippen LogP contribution is 2.31. The number of benzene rings is 2. The van der Waals surface area contributed by atoms with Crippen molar-refractivity contribution < 1.29 is 4.74 Å². The molecule has 0 unspecified atom stereocenters. The van der Waals surface area contributed by atoms with Crippen molar-refractivity contribution >= 4 is 22.3 Å². The van der Waals surface area contributed by atoms with Gasteiger partial charge in [-0.05, 0) is 66.8 Å². The lowest BCUT2D eigenvalue weighted by molar-refractivity contribution is 0.414. The lowest BCUT2D eigenvalue weighted by Gasteiger charge is -2.16. The zero-order valence-corrected chi connectivity index (χ0v) is 16.5.